The predicted octanol–water partition coefficient (Wildman–Crippen LogP) is 4.61. The number of aromatic nitrogens is 1. The largest absolute Gasteiger partial charge is 0.304 e. The highest BCUT2D eigenvalue weighted by molar-refractivity contribution is 9.10. The first kappa shape index (κ1) is 14.7. The van der Waals surface area contributed by atoms with E-state index in [2.05, 4.69) is 66.3 Å². The fourth-order valence-corrected chi connectivity index (χ4v) is 3.39. The smallest absolute Gasteiger partial charge is 0.115 e. The van der Waals surface area contributed by atoms with Crippen LogP contribution in [-0.4, -0.2) is 11.5 Å². The van der Waals surface area contributed by atoms with E-state index in [4.69, 9.17) is 4.98 Å². The Morgan fingerprint density at radius 2 is 2.16 bits per heavy atom. The molecule has 1 heterocycles. The number of benzene rings is 1. The third kappa shape index (κ3) is 3.65. The Hall–Kier alpha value is -0.710. The molecule has 0 bridgehead atoms. The van der Waals surface area contributed by atoms with Crippen molar-refractivity contribution in [3.63, 3.8) is 0 Å². The average Bonchev–Trinajstić information content (AvgIpc) is 2.70. The van der Waals surface area contributed by atoms with Gasteiger partial charge in [0.2, 0.25) is 0 Å². The van der Waals surface area contributed by atoms with Crippen LogP contribution < -0.4 is 5.32 Å². The van der Waals surface area contributed by atoms with Gasteiger partial charge in [-0.2, -0.15) is 0 Å². The summed E-state index contributed by atoms with van der Waals surface area (Å²) in [7, 11) is 0. The molecule has 0 aliphatic rings. The van der Waals surface area contributed by atoms with Gasteiger partial charge in [-0.3, -0.25) is 0 Å². The fourth-order valence-electron chi connectivity index (χ4n) is 1.94. The number of thiazole rings is 1. The van der Waals surface area contributed by atoms with Gasteiger partial charge in [0.25, 0.3) is 0 Å². The van der Waals surface area contributed by atoms with Gasteiger partial charge in [0, 0.05) is 9.35 Å². The molecule has 19 heavy (non-hydrogen) atoms. The highest BCUT2D eigenvalue weighted by Gasteiger charge is 2.18. The van der Waals surface area contributed by atoms with Gasteiger partial charge in [0.05, 0.1) is 11.7 Å². The van der Waals surface area contributed by atoms with Crippen molar-refractivity contribution in [2.75, 3.05) is 6.54 Å². The molecule has 0 fully saturated rings. The molecule has 1 unspecified atom stereocenters. The highest BCUT2D eigenvalue weighted by atomic mass is 79.9. The van der Waals surface area contributed by atoms with Crippen LogP contribution in [0.5, 0.6) is 0 Å². The molecule has 0 amide bonds. The molecule has 1 aromatic heterocycles. The number of rotatable bonds is 5. The predicted molar refractivity (Wildman–Crippen MR) is 85.9 cm³/mol. The molecule has 102 valence electrons. The molecule has 2 aromatic rings. The second kappa shape index (κ2) is 6.64. The van der Waals surface area contributed by atoms with E-state index >= 15 is 0 Å². The van der Waals surface area contributed by atoms with Crippen LogP contribution in [0.15, 0.2) is 28.7 Å². The third-order valence-electron chi connectivity index (χ3n) is 3.07. The van der Waals surface area contributed by atoms with Crippen LogP contribution in [0.3, 0.4) is 0 Å². The monoisotopic (exact) mass is 338 g/mol. The lowest BCUT2D eigenvalue weighted by molar-refractivity contribution is 0.595. The number of nitrogens with one attached hydrogen (secondary N) is 1. The summed E-state index contributed by atoms with van der Waals surface area (Å²) in [5.74, 6) is 0. The van der Waals surface area contributed by atoms with Crippen molar-refractivity contribution in [3.8, 4) is 0 Å². The van der Waals surface area contributed by atoms with E-state index in [9.17, 15) is 0 Å². The van der Waals surface area contributed by atoms with Crippen LogP contribution in [0.1, 0.15) is 40.5 Å². The standard InChI is InChI=1S/C15H19BrN2S/c1-4-8-17-14(12-6-5-7-13(16)9-12)15-18-10(2)11(3)19-15/h5-7,9,14,17H,4,8H2,1-3H3. The molecule has 1 N–H and O–H groups in total. The van der Waals surface area contributed by atoms with E-state index in [1.807, 2.05) is 0 Å². The Morgan fingerprint density at radius 3 is 2.74 bits per heavy atom. The second-order valence-corrected chi connectivity index (χ2v) is 6.79. The minimum Gasteiger partial charge on any atom is -0.304 e. The summed E-state index contributed by atoms with van der Waals surface area (Å²) in [6.45, 7) is 7.39. The molecule has 0 radical (unpaired) electrons. The summed E-state index contributed by atoms with van der Waals surface area (Å²) in [6, 6.07) is 8.64. The summed E-state index contributed by atoms with van der Waals surface area (Å²) in [5.41, 5.74) is 2.40. The first-order valence-corrected chi connectivity index (χ1v) is 8.15. The van der Waals surface area contributed by atoms with Crippen molar-refractivity contribution in [2.45, 2.75) is 33.2 Å². The van der Waals surface area contributed by atoms with Crippen molar-refractivity contribution >= 4 is 27.3 Å². The van der Waals surface area contributed by atoms with Crippen LogP contribution in [0.25, 0.3) is 0 Å². The Morgan fingerprint density at radius 1 is 1.37 bits per heavy atom. The maximum absolute atomic E-state index is 4.71. The fraction of sp³-hybridized carbons (Fsp3) is 0.400. The molecule has 1 atom stereocenters. The van der Waals surface area contributed by atoms with Crippen molar-refractivity contribution in [1.82, 2.24) is 10.3 Å². The number of hydrogen-bond acceptors (Lipinski definition) is 3. The molecule has 4 heteroatoms. The molecule has 0 spiro atoms. The van der Waals surface area contributed by atoms with Crippen LogP contribution in [0, 0.1) is 13.8 Å². The van der Waals surface area contributed by atoms with Crippen LogP contribution in [0.2, 0.25) is 0 Å². The van der Waals surface area contributed by atoms with E-state index in [1.54, 1.807) is 11.3 Å². The van der Waals surface area contributed by atoms with Gasteiger partial charge < -0.3 is 5.32 Å². The van der Waals surface area contributed by atoms with E-state index in [1.165, 1.54) is 10.4 Å². The van der Waals surface area contributed by atoms with Gasteiger partial charge in [-0.05, 0) is 44.5 Å². The number of nitrogens with zero attached hydrogens (tertiary/aromatic N) is 1. The second-order valence-electron chi connectivity index (χ2n) is 4.64. The van der Waals surface area contributed by atoms with Gasteiger partial charge in [-0.1, -0.05) is 35.0 Å². The molecule has 2 rings (SSSR count). The van der Waals surface area contributed by atoms with E-state index in [0.29, 0.717) is 0 Å². The van der Waals surface area contributed by atoms with Crippen molar-refractivity contribution in [1.29, 1.82) is 0 Å². The van der Waals surface area contributed by atoms with E-state index in [-0.39, 0.29) is 6.04 Å². The molecule has 0 aliphatic heterocycles. The Kier molecular flexibility index (Phi) is 5.13. The first-order chi connectivity index (χ1) is 9.11. The topological polar surface area (TPSA) is 24.9 Å². The zero-order chi connectivity index (χ0) is 13.8. The first-order valence-electron chi connectivity index (χ1n) is 6.54. The molecular formula is C15H19BrN2S. The van der Waals surface area contributed by atoms with Crippen molar-refractivity contribution in [2.24, 2.45) is 0 Å². The van der Waals surface area contributed by atoms with Gasteiger partial charge in [-0.25, -0.2) is 4.98 Å². The van der Waals surface area contributed by atoms with Gasteiger partial charge in [0.1, 0.15) is 5.01 Å². The lowest BCUT2D eigenvalue weighted by Crippen LogP contribution is -2.23. The summed E-state index contributed by atoms with van der Waals surface area (Å²) in [5, 5.41) is 4.75. The number of aryl methyl sites for hydroxylation is 2. The zero-order valence-corrected chi connectivity index (χ0v) is 13.9. The maximum atomic E-state index is 4.71. The molecule has 0 saturated carbocycles. The van der Waals surface area contributed by atoms with E-state index in [0.717, 1.165) is 28.1 Å². The molecule has 2 nitrogen and oxygen atoms in total. The minimum absolute atomic E-state index is 0.190. The molecule has 0 aliphatic carbocycles. The SMILES string of the molecule is CCCNC(c1cccc(Br)c1)c1nc(C)c(C)s1. The van der Waals surface area contributed by atoms with E-state index < -0.39 is 0 Å². The van der Waals surface area contributed by atoms with Crippen molar-refractivity contribution < 1.29 is 0 Å². The zero-order valence-electron chi connectivity index (χ0n) is 11.5. The maximum Gasteiger partial charge on any atom is 0.115 e. The highest BCUT2D eigenvalue weighted by Crippen LogP contribution is 2.29. The summed E-state index contributed by atoms with van der Waals surface area (Å²) in [4.78, 5) is 6.01. The Labute approximate surface area is 127 Å². The lowest BCUT2D eigenvalue weighted by Gasteiger charge is -2.17. The summed E-state index contributed by atoms with van der Waals surface area (Å²) < 4.78 is 1.11. The van der Waals surface area contributed by atoms with Crippen LogP contribution >= 0.6 is 27.3 Å². The van der Waals surface area contributed by atoms with Gasteiger partial charge in [-0.15, -0.1) is 11.3 Å². The Balaban J connectivity index is 2.35. The quantitative estimate of drug-likeness (QED) is 0.860. The number of hydrogen-bond donors (Lipinski definition) is 1. The van der Waals surface area contributed by atoms with Gasteiger partial charge in [0.15, 0.2) is 0 Å². The molecule has 0 saturated heterocycles. The van der Waals surface area contributed by atoms with Crippen LogP contribution in [-0.2, 0) is 0 Å². The Bertz CT molecular complexity index is 531. The lowest BCUT2D eigenvalue weighted by atomic mass is 10.1. The third-order valence-corrected chi connectivity index (χ3v) is 4.70. The summed E-state index contributed by atoms with van der Waals surface area (Å²) >= 11 is 5.33. The molecule has 1 aromatic carbocycles. The number of halogens is 1. The minimum atomic E-state index is 0.190. The normalized spacial score (nSPS) is 12.6. The van der Waals surface area contributed by atoms with Gasteiger partial charge >= 0.3 is 0 Å². The average molecular weight is 339 g/mol. The summed E-state index contributed by atoms with van der Waals surface area (Å²) in [6.07, 6.45) is 1.12. The van der Waals surface area contributed by atoms with Crippen LogP contribution in [0.4, 0.5) is 0 Å². The van der Waals surface area contributed by atoms with Crippen molar-refractivity contribution in [3.05, 3.63) is 49.9 Å². The molecular weight excluding hydrogens is 320 g/mol.